The van der Waals surface area contributed by atoms with Crippen molar-refractivity contribution in [3.8, 4) is 0 Å². The number of hydrogen-bond acceptors (Lipinski definition) is 1. The Labute approximate surface area is 112 Å². The van der Waals surface area contributed by atoms with Gasteiger partial charge in [0.2, 0.25) is 0 Å². The SMILES string of the molecule is CC1CCCC(C(=O)Cc2ccccc2Br)C1. The van der Waals surface area contributed by atoms with Gasteiger partial charge in [-0.05, 0) is 30.4 Å². The summed E-state index contributed by atoms with van der Waals surface area (Å²) in [6, 6.07) is 8.03. The topological polar surface area (TPSA) is 17.1 Å². The van der Waals surface area contributed by atoms with Crippen molar-refractivity contribution in [1.82, 2.24) is 0 Å². The molecule has 0 amide bonds. The zero-order valence-corrected chi connectivity index (χ0v) is 11.9. The molecule has 0 N–H and O–H groups in total. The van der Waals surface area contributed by atoms with E-state index in [1.54, 1.807) is 0 Å². The average molecular weight is 295 g/mol. The van der Waals surface area contributed by atoms with Crippen LogP contribution in [-0.2, 0) is 11.2 Å². The summed E-state index contributed by atoms with van der Waals surface area (Å²) in [6.45, 7) is 2.26. The molecule has 1 aliphatic carbocycles. The maximum Gasteiger partial charge on any atom is 0.140 e. The fourth-order valence-electron chi connectivity index (χ4n) is 2.70. The van der Waals surface area contributed by atoms with Crippen molar-refractivity contribution in [3.63, 3.8) is 0 Å². The van der Waals surface area contributed by atoms with Crippen LogP contribution in [0.5, 0.6) is 0 Å². The first-order valence-electron chi connectivity index (χ1n) is 6.43. The number of carbonyl (C=O) groups is 1. The minimum Gasteiger partial charge on any atom is -0.299 e. The maximum absolute atomic E-state index is 12.2. The van der Waals surface area contributed by atoms with Crippen LogP contribution in [0.4, 0.5) is 0 Å². The van der Waals surface area contributed by atoms with Gasteiger partial charge in [0.15, 0.2) is 0 Å². The minimum absolute atomic E-state index is 0.297. The van der Waals surface area contributed by atoms with E-state index in [4.69, 9.17) is 0 Å². The number of carbonyl (C=O) groups excluding carboxylic acids is 1. The molecular formula is C15H19BrO. The molecular weight excluding hydrogens is 276 g/mol. The Hall–Kier alpha value is -0.630. The molecule has 1 fully saturated rings. The lowest BCUT2D eigenvalue weighted by atomic mass is 9.79. The molecule has 2 unspecified atom stereocenters. The van der Waals surface area contributed by atoms with E-state index in [0.717, 1.165) is 28.8 Å². The number of halogens is 1. The van der Waals surface area contributed by atoms with E-state index < -0.39 is 0 Å². The van der Waals surface area contributed by atoms with E-state index in [0.29, 0.717) is 18.1 Å². The van der Waals surface area contributed by atoms with Crippen molar-refractivity contribution in [2.24, 2.45) is 11.8 Å². The normalized spacial score (nSPS) is 24.6. The van der Waals surface area contributed by atoms with Crippen LogP contribution in [0.25, 0.3) is 0 Å². The van der Waals surface area contributed by atoms with Crippen molar-refractivity contribution < 1.29 is 4.79 Å². The van der Waals surface area contributed by atoms with Crippen LogP contribution in [0, 0.1) is 11.8 Å². The zero-order valence-electron chi connectivity index (χ0n) is 10.3. The van der Waals surface area contributed by atoms with Crippen molar-refractivity contribution in [1.29, 1.82) is 0 Å². The Kier molecular flexibility index (Phi) is 4.38. The van der Waals surface area contributed by atoms with Gasteiger partial charge in [-0.15, -0.1) is 0 Å². The van der Waals surface area contributed by atoms with E-state index in [-0.39, 0.29) is 0 Å². The second-order valence-electron chi connectivity index (χ2n) is 5.20. The van der Waals surface area contributed by atoms with Crippen LogP contribution in [0.3, 0.4) is 0 Å². The van der Waals surface area contributed by atoms with Gasteiger partial charge in [-0.25, -0.2) is 0 Å². The third-order valence-electron chi connectivity index (χ3n) is 3.71. The first-order chi connectivity index (χ1) is 8.16. The number of rotatable bonds is 3. The average Bonchev–Trinajstić information content (AvgIpc) is 2.32. The summed E-state index contributed by atoms with van der Waals surface area (Å²) < 4.78 is 1.05. The fraction of sp³-hybridized carbons (Fsp3) is 0.533. The number of hydrogen-bond donors (Lipinski definition) is 0. The number of Topliss-reactive ketones (excluding diaryl/α,β-unsaturated/α-hetero) is 1. The van der Waals surface area contributed by atoms with Gasteiger partial charge < -0.3 is 0 Å². The molecule has 1 aromatic carbocycles. The third-order valence-corrected chi connectivity index (χ3v) is 4.49. The van der Waals surface area contributed by atoms with Gasteiger partial charge in [0.1, 0.15) is 5.78 Å². The van der Waals surface area contributed by atoms with Crippen LogP contribution in [0.15, 0.2) is 28.7 Å². The second-order valence-corrected chi connectivity index (χ2v) is 6.06. The van der Waals surface area contributed by atoms with E-state index >= 15 is 0 Å². The van der Waals surface area contributed by atoms with Crippen molar-refractivity contribution in [2.45, 2.75) is 39.0 Å². The van der Waals surface area contributed by atoms with Crippen LogP contribution in [0.2, 0.25) is 0 Å². The van der Waals surface area contributed by atoms with Gasteiger partial charge >= 0.3 is 0 Å². The first-order valence-corrected chi connectivity index (χ1v) is 7.22. The maximum atomic E-state index is 12.2. The van der Waals surface area contributed by atoms with E-state index in [9.17, 15) is 4.79 Å². The molecule has 1 saturated carbocycles. The van der Waals surface area contributed by atoms with E-state index in [2.05, 4.69) is 22.9 Å². The standard InChI is InChI=1S/C15H19BrO/c1-11-5-4-7-13(9-11)15(17)10-12-6-2-3-8-14(12)16/h2-3,6,8,11,13H,4-5,7,9-10H2,1H3. The Morgan fingerprint density at radius 2 is 2.12 bits per heavy atom. The predicted molar refractivity (Wildman–Crippen MR) is 74.0 cm³/mol. The number of ketones is 1. The molecule has 0 heterocycles. The molecule has 2 rings (SSSR count). The molecule has 92 valence electrons. The lowest BCUT2D eigenvalue weighted by Gasteiger charge is -2.25. The molecule has 0 aromatic heterocycles. The Morgan fingerprint density at radius 3 is 2.82 bits per heavy atom. The van der Waals surface area contributed by atoms with E-state index in [1.807, 2.05) is 24.3 Å². The van der Waals surface area contributed by atoms with Crippen LogP contribution in [-0.4, -0.2) is 5.78 Å². The van der Waals surface area contributed by atoms with Crippen LogP contribution >= 0.6 is 15.9 Å². The highest BCUT2D eigenvalue weighted by Gasteiger charge is 2.25. The Morgan fingerprint density at radius 1 is 1.35 bits per heavy atom. The molecule has 17 heavy (non-hydrogen) atoms. The zero-order chi connectivity index (χ0) is 12.3. The monoisotopic (exact) mass is 294 g/mol. The molecule has 2 heteroatoms. The fourth-order valence-corrected chi connectivity index (χ4v) is 3.13. The second kappa shape index (κ2) is 5.81. The lowest BCUT2D eigenvalue weighted by molar-refractivity contribution is -0.123. The van der Waals surface area contributed by atoms with Crippen molar-refractivity contribution in [2.75, 3.05) is 0 Å². The quantitative estimate of drug-likeness (QED) is 0.808. The summed E-state index contributed by atoms with van der Waals surface area (Å²) in [7, 11) is 0. The summed E-state index contributed by atoms with van der Waals surface area (Å²) in [4.78, 5) is 12.2. The third kappa shape index (κ3) is 3.41. The predicted octanol–water partition coefficient (Wildman–Crippen LogP) is 4.39. The van der Waals surface area contributed by atoms with Gasteiger partial charge in [-0.2, -0.15) is 0 Å². The largest absolute Gasteiger partial charge is 0.299 e. The Balaban J connectivity index is 1.99. The van der Waals surface area contributed by atoms with Crippen molar-refractivity contribution >= 4 is 21.7 Å². The van der Waals surface area contributed by atoms with Crippen LogP contribution in [0.1, 0.15) is 38.2 Å². The highest BCUT2D eigenvalue weighted by molar-refractivity contribution is 9.10. The number of benzene rings is 1. The summed E-state index contributed by atoms with van der Waals surface area (Å²) in [5.74, 6) is 1.44. The summed E-state index contributed by atoms with van der Waals surface area (Å²) >= 11 is 3.51. The van der Waals surface area contributed by atoms with Gasteiger partial charge in [-0.1, -0.05) is 53.9 Å². The summed E-state index contributed by atoms with van der Waals surface area (Å²) in [5, 5.41) is 0. The minimum atomic E-state index is 0.297. The van der Waals surface area contributed by atoms with Gasteiger partial charge in [-0.3, -0.25) is 4.79 Å². The van der Waals surface area contributed by atoms with E-state index in [1.165, 1.54) is 12.8 Å². The molecule has 0 saturated heterocycles. The molecule has 1 aromatic rings. The molecule has 0 bridgehead atoms. The molecule has 0 radical (unpaired) electrons. The van der Waals surface area contributed by atoms with Gasteiger partial charge in [0.25, 0.3) is 0 Å². The summed E-state index contributed by atoms with van der Waals surface area (Å²) in [5.41, 5.74) is 1.12. The highest BCUT2D eigenvalue weighted by Crippen LogP contribution is 2.30. The highest BCUT2D eigenvalue weighted by atomic mass is 79.9. The summed E-state index contributed by atoms with van der Waals surface area (Å²) in [6.07, 6.45) is 5.27. The lowest BCUT2D eigenvalue weighted by Crippen LogP contribution is -2.23. The smallest absolute Gasteiger partial charge is 0.140 e. The van der Waals surface area contributed by atoms with Gasteiger partial charge in [0, 0.05) is 16.8 Å². The molecule has 1 aliphatic rings. The van der Waals surface area contributed by atoms with Crippen molar-refractivity contribution in [3.05, 3.63) is 34.3 Å². The molecule has 0 aliphatic heterocycles. The van der Waals surface area contributed by atoms with Gasteiger partial charge in [0.05, 0.1) is 0 Å². The molecule has 2 atom stereocenters. The Bertz CT molecular complexity index is 400. The van der Waals surface area contributed by atoms with Crippen LogP contribution < -0.4 is 0 Å². The molecule has 1 nitrogen and oxygen atoms in total. The first kappa shape index (κ1) is 12.8. The molecule has 0 spiro atoms.